The summed E-state index contributed by atoms with van der Waals surface area (Å²) in [5.74, 6) is 0. The molecule has 6 heteroatoms. The SMILES string of the molecule is C=C(C)C(=CN)C(=NC1CCC(C)(P)CC1)C(F)(F)F. The van der Waals surface area contributed by atoms with Gasteiger partial charge in [-0.1, -0.05) is 13.5 Å². The smallest absolute Gasteiger partial charge is 0.404 e. The summed E-state index contributed by atoms with van der Waals surface area (Å²) in [7, 11) is 2.78. The zero-order valence-corrected chi connectivity index (χ0v) is 13.1. The second-order valence-electron chi connectivity index (χ2n) is 5.72. The average Bonchev–Trinajstić information content (AvgIpc) is 2.29. The lowest BCUT2D eigenvalue weighted by Crippen LogP contribution is -2.31. The minimum absolute atomic E-state index is 0.114. The third-order valence-corrected chi connectivity index (χ3v) is 4.14. The van der Waals surface area contributed by atoms with Crippen LogP contribution in [0.4, 0.5) is 13.2 Å². The van der Waals surface area contributed by atoms with Crippen LogP contribution in [0.25, 0.3) is 0 Å². The Morgan fingerprint density at radius 1 is 1.40 bits per heavy atom. The Kier molecular flexibility index (Phi) is 5.42. The Morgan fingerprint density at radius 3 is 2.25 bits per heavy atom. The van der Waals surface area contributed by atoms with Crippen LogP contribution in [-0.2, 0) is 0 Å². The van der Waals surface area contributed by atoms with Gasteiger partial charge in [-0.2, -0.15) is 13.2 Å². The summed E-state index contributed by atoms with van der Waals surface area (Å²) >= 11 is 0. The number of allylic oxidation sites excluding steroid dienone is 2. The fourth-order valence-corrected chi connectivity index (χ4v) is 2.63. The standard InChI is InChI=1S/C14H22F3N2P/c1-9(2)11(8-18)12(14(15,16)17)19-10-4-6-13(3,20)7-5-10/h8,10H,1,4-7,18,20H2,2-3H3. The normalized spacial score (nSPS) is 29.4. The van der Waals surface area contributed by atoms with Crippen LogP contribution in [0.1, 0.15) is 39.5 Å². The first-order chi connectivity index (χ1) is 9.07. The maximum Gasteiger partial charge on any atom is 0.433 e. The number of halogens is 3. The van der Waals surface area contributed by atoms with Gasteiger partial charge in [0.1, 0.15) is 5.71 Å². The first-order valence-electron chi connectivity index (χ1n) is 6.59. The average molecular weight is 306 g/mol. The summed E-state index contributed by atoms with van der Waals surface area (Å²) in [5, 5.41) is 0.116. The molecule has 1 fully saturated rings. The van der Waals surface area contributed by atoms with E-state index in [2.05, 4.69) is 27.7 Å². The molecule has 1 unspecified atom stereocenters. The third kappa shape index (κ3) is 4.62. The molecule has 0 aliphatic heterocycles. The van der Waals surface area contributed by atoms with E-state index in [9.17, 15) is 13.2 Å². The molecular formula is C14H22F3N2P. The van der Waals surface area contributed by atoms with E-state index in [-0.39, 0.29) is 22.3 Å². The van der Waals surface area contributed by atoms with Crippen LogP contribution < -0.4 is 5.73 Å². The number of hydrogen-bond donors (Lipinski definition) is 1. The van der Waals surface area contributed by atoms with Gasteiger partial charge in [0, 0.05) is 11.8 Å². The zero-order valence-electron chi connectivity index (χ0n) is 11.9. The first-order valence-corrected chi connectivity index (χ1v) is 7.16. The molecule has 114 valence electrons. The molecule has 2 nitrogen and oxygen atoms in total. The van der Waals surface area contributed by atoms with Crippen molar-refractivity contribution >= 4 is 15.0 Å². The number of hydrogen-bond acceptors (Lipinski definition) is 2. The van der Waals surface area contributed by atoms with Crippen molar-refractivity contribution in [2.24, 2.45) is 10.7 Å². The number of rotatable bonds is 3. The van der Waals surface area contributed by atoms with E-state index in [1.807, 2.05) is 0 Å². The van der Waals surface area contributed by atoms with Crippen LogP contribution in [0, 0.1) is 0 Å². The summed E-state index contributed by atoms with van der Waals surface area (Å²) in [4.78, 5) is 3.94. The van der Waals surface area contributed by atoms with Crippen molar-refractivity contribution in [3.8, 4) is 0 Å². The highest BCUT2D eigenvalue weighted by molar-refractivity contribution is 7.18. The molecule has 0 amide bonds. The van der Waals surface area contributed by atoms with E-state index < -0.39 is 11.9 Å². The van der Waals surface area contributed by atoms with E-state index in [1.54, 1.807) is 0 Å². The molecule has 2 N–H and O–H groups in total. The molecule has 1 aliphatic carbocycles. The number of nitrogens with two attached hydrogens (primary N) is 1. The molecule has 20 heavy (non-hydrogen) atoms. The van der Waals surface area contributed by atoms with Crippen molar-refractivity contribution in [2.45, 2.75) is 56.9 Å². The maximum absolute atomic E-state index is 13.2. The fourth-order valence-electron chi connectivity index (χ4n) is 2.29. The summed E-state index contributed by atoms with van der Waals surface area (Å²) in [6, 6.07) is -0.297. The molecule has 0 aromatic heterocycles. The van der Waals surface area contributed by atoms with E-state index in [1.165, 1.54) is 6.92 Å². The molecule has 1 aliphatic rings. The van der Waals surface area contributed by atoms with Crippen molar-refractivity contribution in [3.05, 3.63) is 23.9 Å². The van der Waals surface area contributed by atoms with Crippen molar-refractivity contribution in [3.63, 3.8) is 0 Å². The Hall–Kier alpha value is -0.830. The van der Waals surface area contributed by atoms with E-state index in [0.29, 0.717) is 12.8 Å². The Labute approximate surface area is 120 Å². The molecule has 0 spiro atoms. The van der Waals surface area contributed by atoms with Gasteiger partial charge >= 0.3 is 6.18 Å². The van der Waals surface area contributed by atoms with Gasteiger partial charge in [0.25, 0.3) is 0 Å². The van der Waals surface area contributed by atoms with Gasteiger partial charge < -0.3 is 5.73 Å². The second-order valence-corrected chi connectivity index (χ2v) is 7.12. The van der Waals surface area contributed by atoms with Gasteiger partial charge in [-0.15, -0.1) is 9.24 Å². The lowest BCUT2D eigenvalue weighted by atomic mass is 9.86. The van der Waals surface area contributed by atoms with Crippen molar-refractivity contribution in [1.29, 1.82) is 0 Å². The van der Waals surface area contributed by atoms with Crippen LogP contribution in [0.5, 0.6) is 0 Å². The second kappa shape index (κ2) is 6.30. The predicted molar refractivity (Wildman–Crippen MR) is 80.9 cm³/mol. The monoisotopic (exact) mass is 306 g/mol. The summed E-state index contributed by atoms with van der Waals surface area (Å²) in [6.07, 6.45) is -0.540. The quantitative estimate of drug-likeness (QED) is 0.478. The Bertz CT molecular complexity index is 426. The van der Waals surface area contributed by atoms with Crippen molar-refractivity contribution in [2.75, 3.05) is 0 Å². The van der Waals surface area contributed by atoms with Gasteiger partial charge in [-0.3, -0.25) is 4.99 Å². The molecule has 0 heterocycles. The maximum atomic E-state index is 13.2. The summed E-state index contributed by atoms with van der Waals surface area (Å²) in [5.41, 5.74) is 4.57. The minimum atomic E-state index is -4.51. The van der Waals surface area contributed by atoms with Crippen molar-refractivity contribution < 1.29 is 13.2 Å². The Morgan fingerprint density at radius 2 is 1.90 bits per heavy atom. The number of alkyl halides is 3. The summed E-state index contributed by atoms with van der Waals surface area (Å²) in [6.45, 7) is 7.14. The van der Waals surface area contributed by atoms with Gasteiger partial charge in [-0.25, -0.2) is 0 Å². The van der Waals surface area contributed by atoms with Gasteiger partial charge in [0.05, 0.1) is 6.04 Å². The molecule has 1 atom stereocenters. The highest BCUT2D eigenvalue weighted by Gasteiger charge is 2.39. The predicted octanol–water partition coefficient (Wildman–Crippen LogP) is 3.98. The topological polar surface area (TPSA) is 38.4 Å². The van der Waals surface area contributed by atoms with Crippen LogP contribution in [0.2, 0.25) is 0 Å². The van der Waals surface area contributed by atoms with Gasteiger partial charge in [-0.05, 0) is 43.3 Å². The lowest BCUT2D eigenvalue weighted by molar-refractivity contribution is -0.0586. The largest absolute Gasteiger partial charge is 0.433 e. The molecule has 0 bridgehead atoms. The van der Waals surface area contributed by atoms with Crippen LogP contribution >= 0.6 is 9.24 Å². The highest BCUT2D eigenvalue weighted by atomic mass is 31.0. The molecule has 0 radical (unpaired) electrons. The van der Waals surface area contributed by atoms with Gasteiger partial charge in [0.15, 0.2) is 0 Å². The molecule has 0 aromatic carbocycles. The van der Waals surface area contributed by atoms with Crippen LogP contribution in [0.3, 0.4) is 0 Å². The van der Waals surface area contributed by atoms with E-state index >= 15 is 0 Å². The highest BCUT2D eigenvalue weighted by Crippen LogP contribution is 2.37. The molecule has 1 saturated carbocycles. The summed E-state index contributed by atoms with van der Waals surface area (Å²) < 4.78 is 39.5. The van der Waals surface area contributed by atoms with Crippen LogP contribution in [-0.4, -0.2) is 23.1 Å². The molecule has 0 saturated heterocycles. The number of aliphatic imine (C=N–C) groups is 1. The Balaban J connectivity index is 3.02. The third-order valence-electron chi connectivity index (χ3n) is 3.56. The van der Waals surface area contributed by atoms with Gasteiger partial charge in [0.2, 0.25) is 0 Å². The lowest BCUT2D eigenvalue weighted by Gasteiger charge is -2.33. The van der Waals surface area contributed by atoms with Crippen molar-refractivity contribution in [1.82, 2.24) is 0 Å². The van der Waals surface area contributed by atoms with E-state index in [0.717, 1.165) is 19.0 Å². The molecule has 1 rings (SSSR count). The zero-order chi connectivity index (χ0) is 15.6. The van der Waals surface area contributed by atoms with Crippen LogP contribution in [0.15, 0.2) is 28.9 Å². The minimum Gasteiger partial charge on any atom is -0.404 e. The number of nitrogens with zero attached hydrogens (tertiary/aromatic N) is 1. The molecular weight excluding hydrogens is 284 g/mol. The molecule has 0 aromatic rings. The van der Waals surface area contributed by atoms with E-state index in [4.69, 9.17) is 5.73 Å². The fraction of sp³-hybridized carbons (Fsp3) is 0.643. The first kappa shape index (κ1) is 17.2.